The monoisotopic (exact) mass is 326 g/mol. The number of ether oxygens (including phenoxy) is 1. The fourth-order valence-corrected chi connectivity index (χ4v) is 2.18. The van der Waals surface area contributed by atoms with Gasteiger partial charge in [-0.25, -0.2) is 9.59 Å². The van der Waals surface area contributed by atoms with Crippen LogP contribution in [0.2, 0.25) is 0 Å². The summed E-state index contributed by atoms with van der Waals surface area (Å²) in [6.07, 6.45) is 7.12. The minimum Gasteiger partial charge on any atom is -0.444 e. The smallest absolute Gasteiger partial charge is 0.414 e. The molecule has 0 bridgehead atoms. The van der Waals surface area contributed by atoms with E-state index in [1.165, 1.54) is 19.3 Å². The van der Waals surface area contributed by atoms with E-state index in [9.17, 15) is 9.59 Å². The Balaban J connectivity index is 2.60. The van der Waals surface area contributed by atoms with Gasteiger partial charge < -0.3 is 10.1 Å². The Hall–Kier alpha value is -1.79. The van der Waals surface area contributed by atoms with Gasteiger partial charge >= 0.3 is 12.1 Å². The molecule has 0 saturated heterocycles. The Kier molecular flexibility index (Phi) is 8.43. The lowest BCUT2D eigenvalue weighted by Crippen LogP contribution is -2.49. The van der Waals surface area contributed by atoms with E-state index >= 15 is 0 Å². The molecule has 1 aliphatic rings. The predicted octanol–water partition coefficient (Wildman–Crippen LogP) is 2.91. The number of amides is 3. The van der Waals surface area contributed by atoms with Gasteiger partial charge in [-0.05, 0) is 33.6 Å². The third-order valence-electron chi connectivity index (χ3n) is 3.24. The highest BCUT2D eigenvalue weighted by Gasteiger charge is 2.18. The van der Waals surface area contributed by atoms with Gasteiger partial charge in [0.1, 0.15) is 5.60 Å². The largest absolute Gasteiger partial charge is 0.444 e. The summed E-state index contributed by atoms with van der Waals surface area (Å²) >= 11 is 0. The van der Waals surface area contributed by atoms with E-state index in [4.69, 9.17) is 4.74 Å². The fraction of sp³-hybridized carbons (Fsp3) is 0.812. The van der Waals surface area contributed by atoms with Crippen molar-refractivity contribution in [2.75, 3.05) is 13.1 Å². The van der Waals surface area contributed by atoms with Crippen LogP contribution in [0.5, 0.6) is 0 Å². The van der Waals surface area contributed by atoms with Gasteiger partial charge in [-0.3, -0.25) is 15.6 Å². The quantitative estimate of drug-likeness (QED) is 0.639. The molecule has 132 valence electrons. The van der Waals surface area contributed by atoms with Crippen molar-refractivity contribution in [2.45, 2.75) is 71.3 Å². The molecule has 0 fully saturated rings. The zero-order valence-corrected chi connectivity index (χ0v) is 14.5. The Bertz CT molecular complexity index is 416. The summed E-state index contributed by atoms with van der Waals surface area (Å²) in [5.41, 5.74) is -0.603. The second-order valence-electron chi connectivity index (χ2n) is 6.71. The van der Waals surface area contributed by atoms with Gasteiger partial charge in [-0.15, -0.1) is 0 Å². The molecule has 1 aliphatic heterocycles. The molecule has 0 aromatic heterocycles. The first-order valence-electron chi connectivity index (χ1n) is 8.46. The molecule has 0 aromatic rings. The van der Waals surface area contributed by atoms with E-state index in [-0.39, 0.29) is 12.0 Å². The van der Waals surface area contributed by atoms with Crippen LogP contribution in [0.15, 0.2) is 4.99 Å². The number of nitrogens with zero attached hydrogens (tertiary/aromatic N) is 1. The Labute approximate surface area is 138 Å². The van der Waals surface area contributed by atoms with E-state index in [1.54, 1.807) is 20.8 Å². The average molecular weight is 326 g/mol. The molecule has 0 atom stereocenters. The van der Waals surface area contributed by atoms with E-state index in [1.807, 2.05) is 0 Å². The summed E-state index contributed by atoms with van der Waals surface area (Å²) in [6, 6.07) is -0.364. The van der Waals surface area contributed by atoms with Crippen LogP contribution in [0, 0.1) is 0 Å². The Morgan fingerprint density at radius 1 is 1.09 bits per heavy atom. The van der Waals surface area contributed by atoms with E-state index in [0.717, 1.165) is 25.7 Å². The number of carbonyl (C=O) groups is 2. The molecule has 0 aliphatic carbocycles. The summed E-state index contributed by atoms with van der Waals surface area (Å²) in [4.78, 5) is 27.9. The van der Waals surface area contributed by atoms with Crippen LogP contribution in [-0.4, -0.2) is 36.8 Å². The maximum Gasteiger partial charge on any atom is 0.414 e. The van der Waals surface area contributed by atoms with Crippen molar-refractivity contribution in [1.29, 1.82) is 0 Å². The van der Waals surface area contributed by atoms with Gasteiger partial charge in [0.05, 0.1) is 0 Å². The third kappa shape index (κ3) is 10.5. The lowest BCUT2D eigenvalue weighted by Gasteiger charge is -2.20. The molecule has 1 heterocycles. The number of rotatable bonds is 0. The van der Waals surface area contributed by atoms with Crippen molar-refractivity contribution in [3.05, 3.63) is 0 Å². The Morgan fingerprint density at radius 3 is 2.35 bits per heavy atom. The molecular formula is C16H30N4O3. The number of hydrogen-bond acceptors (Lipinski definition) is 4. The summed E-state index contributed by atoms with van der Waals surface area (Å²) in [7, 11) is 0. The van der Waals surface area contributed by atoms with Crippen molar-refractivity contribution < 1.29 is 14.3 Å². The van der Waals surface area contributed by atoms with E-state index in [0.29, 0.717) is 13.1 Å². The van der Waals surface area contributed by atoms with Crippen molar-refractivity contribution in [1.82, 2.24) is 16.0 Å². The molecule has 0 unspecified atom stereocenters. The second-order valence-corrected chi connectivity index (χ2v) is 6.71. The highest BCUT2D eigenvalue weighted by Crippen LogP contribution is 2.08. The summed E-state index contributed by atoms with van der Waals surface area (Å²) in [6.45, 7) is 6.52. The van der Waals surface area contributed by atoms with Crippen molar-refractivity contribution in [3.63, 3.8) is 0 Å². The zero-order valence-electron chi connectivity index (χ0n) is 14.5. The van der Waals surface area contributed by atoms with Crippen LogP contribution in [0.25, 0.3) is 0 Å². The summed E-state index contributed by atoms with van der Waals surface area (Å²) in [5.74, 6) is 0.133. The van der Waals surface area contributed by atoms with Gasteiger partial charge in [-0.1, -0.05) is 32.1 Å². The summed E-state index contributed by atoms with van der Waals surface area (Å²) < 4.78 is 5.18. The first kappa shape index (κ1) is 19.3. The molecule has 0 radical (unpaired) electrons. The van der Waals surface area contributed by atoms with Gasteiger partial charge in [0.25, 0.3) is 0 Å². The van der Waals surface area contributed by atoms with Crippen LogP contribution in [0.3, 0.4) is 0 Å². The first-order chi connectivity index (χ1) is 10.9. The molecule has 0 saturated carbocycles. The average Bonchev–Trinajstić information content (AvgIpc) is 2.41. The molecule has 3 N–H and O–H groups in total. The molecule has 0 aromatic carbocycles. The number of aliphatic imine (C=N–C) groups is 1. The molecule has 0 spiro atoms. The fourth-order valence-electron chi connectivity index (χ4n) is 2.18. The normalized spacial score (nSPS) is 18.7. The number of nitrogens with one attached hydrogen (secondary N) is 3. The second kappa shape index (κ2) is 10.1. The first-order valence-corrected chi connectivity index (χ1v) is 8.46. The van der Waals surface area contributed by atoms with Gasteiger partial charge in [0.15, 0.2) is 0 Å². The van der Waals surface area contributed by atoms with Gasteiger partial charge in [0, 0.05) is 13.1 Å². The molecule has 1 rings (SSSR count). The van der Waals surface area contributed by atoms with E-state index in [2.05, 4.69) is 20.9 Å². The molecule has 7 heteroatoms. The number of hydrogen-bond donors (Lipinski definition) is 3. The van der Waals surface area contributed by atoms with Crippen LogP contribution < -0.4 is 16.0 Å². The van der Waals surface area contributed by atoms with Gasteiger partial charge in [0.2, 0.25) is 5.96 Å². The van der Waals surface area contributed by atoms with E-state index < -0.39 is 11.7 Å². The van der Waals surface area contributed by atoms with Crippen LogP contribution in [0.4, 0.5) is 9.59 Å². The number of urea groups is 1. The van der Waals surface area contributed by atoms with Crippen LogP contribution in [-0.2, 0) is 4.74 Å². The van der Waals surface area contributed by atoms with Crippen LogP contribution >= 0.6 is 0 Å². The van der Waals surface area contributed by atoms with Crippen molar-refractivity contribution in [3.8, 4) is 0 Å². The number of alkyl carbamates (subject to hydrolysis) is 1. The Morgan fingerprint density at radius 2 is 1.70 bits per heavy atom. The zero-order chi connectivity index (χ0) is 17.1. The van der Waals surface area contributed by atoms with Crippen molar-refractivity contribution >= 4 is 18.1 Å². The SMILES string of the molecule is CC(C)(C)OC(=O)NC1=NCCCCCCCCCNC(=O)N1. The maximum atomic E-state index is 11.8. The highest BCUT2D eigenvalue weighted by molar-refractivity contribution is 6.02. The third-order valence-corrected chi connectivity index (χ3v) is 3.24. The van der Waals surface area contributed by atoms with Gasteiger partial charge in [-0.2, -0.15) is 0 Å². The molecule has 7 nitrogen and oxygen atoms in total. The molecular weight excluding hydrogens is 296 g/mol. The standard InChI is InChI=1S/C16H30N4O3/c1-16(2,3)23-15(22)20-13-17-11-9-7-5-4-6-8-10-12-18-14(21)19-13/h4-12H2,1-3H3,(H3,17,18,19,20,21,22). The number of guanidine groups is 1. The lowest BCUT2D eigenvalue weighted by molar-refractivity contribution is 0.0562. The lowest BCUT2D eigenvalue weighted by atomic mass is 10.1. The predicted molar refractivity (Wildman–Crippen MR) is 90.5 cm³/mol. The van der Waals surface area contributed by atoms with Crippen molar-refractivity contribution in [2.24, 2.45) is 4.99 Å². The molecule has 23 heavy (non-hydrogen) atoms. The number of carbonyl (C=O) groups excluding carboxylic acids is 2. The summed E-state index contributed by atoms with van der Waals surface area (Å²) in [5, 5.41) is 7.84. The minimum atomic E-state index is -0.627. The minimum absolute atomic E-state index is 0.133. The highest BCUT2D eigenvalue weighted by atomic mass is 16.6. The maximum absolute atomic E-state index is 11.8. The topological polar surface area (TPSA) is 91.8 Å². The molecule has 3 amide bonds. The van der Waals surface area contributed by atoms with Crippen LogP contribution in [0.1, 0.15) is 65.7 Å².